The molecule has 5 heteroatoms. The SMILES string of the molecule is CCCCN(Cc1ccccc1)C(=O)c1ccc(C)c(NC(=O)Cc2ccc(C#N)cc2)c1. The molecule has 168 valence electrons. The lowest BCUT2D eigenvalue weighted by Gasteiger charge is -2.23. The first-order valence-corrected chi connectivity index (χ1v) is 11.2. The van der Waals surface area contributed by atoms with Crippen molar-refractivity contribution in [3.63, 3.8) is 0 Å². The van der Waals surface area contributed by atoms with Crippen molar-refractivity contribution < 1.29 is 9.59 Å². The van der Waals surface area contributed by atoms with Crippen molar-refractivity contribution in [1.82, 2.24) is 4.90 Å². The van der Waals surface area contributed by atoms with E-state index in [1.54, 1.807) is 30.3 Å². The van der Waals surface area contributed by atoms with Crippen molar-refractivity contribution >= 4 is 17.5 Å². The molecule has 0 aromatic heterocycles. The van der Waals surface area contributed by atoms with Crippen LogP contribution in [0.15, 0.2) is 72.8 Å². The van der Waals surface area contributed by atoms with Crippen LogP contribution >= 0.6 is 0 Å². The van der Waals surface area contributed by atoms with Gasteiger partial charge < -0.3 is 10.2 Å². The van der Waals surface area contributed by atoms with Crippen molar-refractivity contribution in [1.29, 1.82) is 5.26 Å². The molecule has 3 rings (SSSR count). The van der Waals surface area contributed by atoms with Crippen LogP contribution in [-0.4, -0.2) is 23.3 Å². The predicted octanol–water partition coefficient (Wildman–Crippen LogP) is 5.49. The number of carbonyl (C=O) groups excluding carboxylic acids is 2. The Bertz CT molecular complexity index is 1130. The predicted molar refractivity (Wildman–Crippen MR) is 131 cm³/mol. The number of unbranched alkanes of at least 4 members (excludes halogenated alkanes) is 1. The van der Waals surface area contributed by atoms with Crippen LogP contribution < -0.4 is 5.32 Å². The number of amides is 2. The number of nitriles is 1. The summed E-state index contributed by atoms with van der Waals surface area (Å²) in [4.78, 5) is 27.8. The van der Waals surface area contributed by atoms with Crippen molar-refractivity contribution in [3.8, 4) is 6.07 Å². The molecule has 0 saturated heterocycles. The third-order valence-electron chi connectivity index (χ3n) is 5.49. The van der Waals surface area contributed by atoms with Gasteiger partial charge in [0.05, 0.1) is 18.1 Å². The summed E-state index contributed by atoms with van der Waals surface area (Å²) in [6, 6.07) is 24.4. The molecule has 0 bridgehead atoms. The molecule has 0 unspecified atom stereocenters. The van der Waals surface area contributed by atoms with Crippen molar-refractivity contribution in [2.24, 2.45) is 0 Å². The van der Waals surface area contributed by atoms with E-state index in [-0.39, 0.29) is 18.2 Å². The number of hydrogen-bond acceptors (Lipinski definition) is 3. The quantitative estimate of drug-likeness (QED) is 0.479. The Kier molecular flexibility index (Phi) is 8.37. The zero-order valence-corrected chi connectivity index (χ0v) is 19.2. The first-order chi connectivity index (χ1) is 16.0. The molecule has 3 aromatic rings. The second kappa shape index (κ2) is 11.6. The average Bonchev–Trinajstić information content (AvgIpc) is 2.83. The molecule has 0 saturated carbocycles. The zero-order valence-electron chi connectivity index (χ0n) is 19.2. The van der Waals surface area contributed by atoms with E-state index in [1.807, 2.05) is 54.3 Å². The average molecular weight is 440 g/mol. The summed E-state index contributed by atoms with van der Waals surface area (Å²) >= 11 is 0. The monoisotopic (exact) mass is 439 g/mol. The molecule has 3 aromatic carbocycles. The number of anilines is 1. The number of benzene rings is 3. The van der Waals surface area contributed by atoms with Crippen molar-refractivity contribution in [2.75, 3.05) is 11.9 Å². The van der Waals surface area contributed by atoms with E-state index in [2.05, 4.69) is 18.3 Å². The van der Waals surface area contributed by atoms with E-state index >= 15 is 0 Å². The highest BCUT2D eigenvalue weighted by Crippen LogP contribution is 2.20. The summed E-state index contributed by atoms with van der Waals surface area (Å²) in [7, 11) is 0. The largest absolute Gasteiger partial charge is 0.334 e. The topological polar surface area (TPSA) is 73.2 Å². The van der Waals surface area contributed by atoms with Crippen LogP contribution in [0.1, 0.15) is 52.4 Å². The third-order valence-corrected chi connectivity index (χ3v) is 5.49. The van der Waals surface area contributed by atoms with Crippen LogP contribution in [0.4, 0.5) is 5.69 Å². The molecule has 0 aliphatic carbocycles. The van der Waals surface area contributed by atoms with Gasteiger partial charge in [0.1, 0.15) is 0 Å². The lowest BCUT2D eigenvalue weighted by atomic mass is 10.1. The molecule has 0 heterocycles. The van der Waals surface area contributed by atoms with Crippen LogP contribution in [0.3, 0.4) is 0 Å². The van der Waals surface area contributed by atoms with Gasteiger partial charge in [-0.15, -0.1) is 0 Å². The molecular weight excluding hydrogens is 410 g/mol. The number of nitrogens with one attached hydrogen (secondary N) is 1. The fourth-order valence-electron chi connectivity index (χ4n) is 3.55. The van der Waals surface area contributed by atoms with Crippen LogP contribution in [0.25, 0.3) is 0 Å². The molecule has 1 N–H and O–H groups in total. The molecule has 0 aliphatic heterocycles. The molecule has 0 atom stereocenters. The van der Waals surface area contributed by atoms with Gasteiger partial charge in [-0.2, -0.15) is 5.26 Å². The first kappa shape index (κ1) is 23.7. The Morgan fingerprint density at radius 3 is 2.36 bits per heavy atom. The highest BCUT2D eigenvalue weighted by molar-refractivity contribution is 5.98. The first-order valence-electron chi connectivity index (χ1n) is 11.2. The van der Waals surface area contributed by atoms with E-state index in [1.165, 1.54) is 0 Å². The maximum Gasteiger partial charge on any atom is 0.254 e. The second-order valence-corrected chi connectivity index (χ2v) is 8.13. The molecule has 0 radical (unpaired) electrons. The summed E-state index contributed by atoms with van der Waals surface area (Å²) in [6.45, 7) is 5.25. The minimum atomic E-state index is -0.167. The van der Waals surface area contributed by atoms with Gasteiger partial charge in [0.15, 0.2) is 0 Å². The smallest absolute Gasteiger partial charge is 0.254 e. The summed E-state index contributed by atoms with van der Waals surface area (Å²) in [5.41, 5.74) is 4.55. The molecule has 33 heavy (non-hydrogen) atoms. The second-order valence-electron chi connectivity index (χ2n) is 8.13. The van der Waals surface area contributed by atoms with Gasteiger partial charge in [-0.05, 0) is 54.3 Å². The van der Waals surface area contributed by atoms with E-state index in [4.69, 9.17) is 5.26 Å². The Hall–Kier alpha value is -3.91. The highest BCUT2D eigenvalue weighted by Gasteiger charge is 2.17. The number of carbonyl (C=O) groups is 2. The Morgan fingerprint density at radius 2 is 1.70 bits per heavy atom. The lowest BCUT2D eigenvalue weighted by molar-refractivity contribution is -0.115. The molecule has 0 aliphatic rings. The highest BCUT2D eigenvalue weighted by atomic mass is 16.2. The summed E-state index contributed by atoms with van der Waals surface area (Å²) in [5.74, 6) is -0.213. The summed E-state index contributed by atoms with van der Waals surface area (Å²) in [5, 5.41) is 11.9. The normalized spacial score (nSPS) is 10.3. The molecule has 0 fully saturated rings. The van der Waals surface area contributed by atoms with E-state index in [9.17, 15) is 9.59 Å². The van der Waals surface area contributed by atoms with Gasteiger partial charge in [0.2, 0.25) is 5.91 Å². The maximum absolute atomic E-state index is 13.3. The molecular formula is C28H29N3O2. The minimum Gasteiger partial charge on any atom is -0.334 e. The van der Waals surface area contributed by atoms with Gasteiger partial charge in [-0.25, -0.2) is 0 Å². The fourth-order valence-corrected chi connectivity index (χ4v) is 3.55. The van der Waals surface area contributed by atoms with Gasteiger partial charge >= 0.3 is 0 Å². The van der Waals surface area contributed by atoms with Crippen molar-refractivity contribution in [2.45, 2.75) is 39.7 Å². The van der Waals surface area contributed by atoms with E-state index < -0.39 is 0 Å². The Labute approximate surface area is 195 Å². The minimum absolute atomic E-state index is 0.0464. The van der Waals surface area contributed by atoms with Gasteiger partial charge in [-0.1, -0.05) is 61.9 Å². The van der Waals surface area contributed by atoms with Gasteiger partial charge in [0.25, 0.3) is 5.91 Å². The maximum atomic E-state index is 13.3. The van der Waals surface area contributed by atoms with Crippen molar-refractivity contribution in [3.05, 3.63) is 101 Å². The molecule has 0 spiro atoms. The van der Waals surface area contributed by atoms with Crippen LogP contribution in [0, 0.1) is 18.3 Å². The van der Waals surface area contributed by atoms with E-state index in [0.29, 0.717) is 29.9 Å². The zero-order chi connectivity index (χ0) is 23.6. The number of hydrogen-bond donors (Lipinski definition) is 1. The third kappa shape index (κ3) is 6.78. The Balaban J connectivity index is 1.74. The number of nitrogens with zero attached hydrogens (tertiary/aromatic N) is 2. The Morgan fingerprint density at radius 1 is 0.970 bits per heavy atom. The van der Waals surface area contributed by atoms with Crippen LogP contribution in [-0.2, 0) is 17.8 Å². The van der Waals surface area contributed by atoms with Gasteiger partial charge in [0, 0.05) is 24.3 Å². The summed E-state index contributed by atoms with van der Waals surface area (Å²) < 4.78 is 0. The summed E-state index contributed by atoms with van der Waals surface area (Å²) in [6.07, 6.45) is 2.13. The lowest BCUT2D eigenvalue weighted by Crippen LogP contribution is -2.31. The number of rotatable bonds is 9. The fraction of sp³-hybridized carbons (Fsp3) is 0.250. The van der Waals surface area contributed by atoms with Gasteiger partial charge in [-0.3, -0.25) is 9.59 Å². The van der Waals surface area contributed by atoms with Crippen LogP contribution in [0.2, 0.25) is 0 Å². The van der Waals surface area contributed by atoms with Crippen LogP contribution in [0.5, 0.6) is 0 Å². The molecule has 5 nitrogen and oxygen atoms in total. The van der Waals surface area contributed by atoms with E-state index in [0.717, 1.165) is 29.5 Å². The molecule has 2 amide bonds. The standard InChI is InChI=1S/C28H29N3O2/c1-3-4-16-31(20-24-8-6-5-7-9-24)28(33)25-15-10-21(2)26(18-25)30-27(32)17-22-11-13-23(19-29)14-12-22/h5-15,18H,3-4,16-17,20H2,1-2H3,(H,30,32). The number of aryl methyl sites for hydroxylation is 1.